The van der Waals surface area contributed by atoms with Crippen molar-refractivity contribution in [3.8, 4) is 5.69 Å². The topological polar surface area (TPSA) is 65.6 Å². The molecule has 0 aliphatic rings. The van der Waals surface area contributed by atoms with Gasteiger partial charge in [-0.25, -0.2) is 15.0 Å². The Kier molecular flexibility index (Phi) is 5.44. The van der Waals surface area contributed by atoms with Crippen LogP contribution in [0.4, 0.5) is 0 Å². The average Bonchev–Trinajstić information content (AvgIpc) is 3.15. The Balaban J connectivity index is 1.80. The first-order chi connectivity index (χ1) is 16.0. The number of fused-ring (bicyclic) bond motifs is 4. The molecule has 1 atom stereocenters. The van der Waals surface area contributed by atoms with E-state index in [9.17, 15) is 4.79 Å². The summed E-state index contributed by atoms with van der Waals surface area (Å²) in [6.45, 7) is 9.37. The summed E-state index contributed by atoms with van der Waals surface area (Å²) in [6.07, 6.45) is 3.66. The van der Waals surface area contributed by atoms with Gasteiger partial charge in [-0.15, -0.1) is 0 Å². The van der Waals surface area contributed by atoms with Crippen LogP contribution in [0.5, 0.6) is 0 Å². The first-order valence-electron chi connectivity index (χ1n) is 11.7. The number of nitrogens with zero attached hydrogens (tertiary/aromatic N) is 5. The van der Waals surface area contributed by atoms with Gasteiger partial charge in [-0.1, -0.05) is 52.0 Å². The molecule has 168 valence electrons. The molecule has 6 heteroatoms. The molecule has 1 unspecified atom stereocenters. The predicted octanol–water partition coefficient (Wildman–Crippen LogP) is 5.84. The summed E-state index contributed by atoms with van der Waals surface area (Å²) in [4.78, 5) is 28.1. The van der Waals surface area contributed by atoms with Crippen molar-refractivity contribution >= 4 is 33.2 Å². The van der Waals surface area contributed by atoms with Crippen LogP contribution in [-0.4, -0.2) is 24.1 Å². The minimum atomic E-state index is -0.0646. The van der Waals surface area contributed by atoms with Gasteiger partial charge in [0.25, 0.3) is 5.56 Å². The predicted molar refractivity (Wildman–Crippen MR) is 134 cm³/mol. The van der Waals surface area contributed by atoms with E-state index < -0.39 is 0 Å². The van der Waals surface area contributed by atoms with E-state index in [0.717, 1.165) is 29.6 Å². The van der Waals surface area contributed by atoms with Crippen molar-refractivity contribution in [2.45, 2.75) is 53.0 Å². The maximum atomic E-state index is 13.6. The lowest BCUT2D eigenvalue weighted by Crippen LogP contribution is -2.21. The van der Waals surface area contributed by atoms with E-state index >= 15 is 0 Å². The molecule has 0 saturated carbocycles. The van der Waals surface area contributed by atoms with Gasteiger partial charge < -0.3 is 0 Å². The molecule has 3 aromatic heterocycles. The number of hydrogen-bond donors (Lipinski definition) is 0. The maximum absolute atomic E-state index is 13.6. The van der Waals surface area contributed by atoms with Crippen LogP contribution >= 0.6 is 0 Å². The summed E-state index contributed by atoms with van der Waals surface area (Å²) < 4.78 is 3.67. The molecule has 6 nitrogen and oxygen atoms in total. The molecule has 0 fully saturated rings. The van der Waals surface area contributed by atoms with Crippen molar-refractivity contribution in [2.75, 3.05) is 0 Å². The summed E-state index contributed by atoms with van der Waals surface area (Å²) in [7, 11) is 0. The summed E-state index contributed by atoms with van der Waals surface area (Å²) in [5.74, 6) is 0.994. The molecule has 0 aliphatic heterocycles. The van der Waals surface area contributed by atoms with Crippen LogP contribution in [0.25, 0.3) is 38.9 Å². The molecule has 0 bridgehead atoms. The minimum absolute atomic E-state index is 0.0646. The van der Waals surface area contributed by atoms with Crippen molar-refractivity contribution in [2.24, 2.45) is 5.92 Å². The molecule has 5 rings (SSSR count). The fraction of sp³-hybridized carbons (Fsp3) is 0.333. The van der Waals surface area contributed by atoms with Crippen LogP contribution in [0.2, 0.25) is 0 Å². The van der Waals surface area contributed by atoms with Crippen LogP contribution in [0.3, 0.4) is 0 Å². The van der Waals surface area contributed by atoms with Gasteiger partial charge in [0.05, 0.1) is 17.4 Å². The summed E-state index contributed by atoms with van der Waals surface area (Å²) in [5.41, 5.74) is 5.59. The monoisotopic (exact) mass is 439 g/mol. The zero-order chi connectivity index (χ0) is 23.1. The zero-order valence-electron chi connectivity index (χ0n) is 19.6. The third-order valence-electron chi connectivity index (χ3n) is 6.51. The van der Waals surface area contributed by atoms with Gasteiger partial charge in [-0.2, -0.15) is 0 Å². The third kappa shape index (κ3) is 3.69. The molecular formula is C27H29N5O. The zero-order valence-corrected chi connectivity index (χ0v) is 19.6. The van der Waals surface area contributed by atoms with Gasteiger partial charge in [0.1, 0.15) is 10.9 Å². The molecule has 0 radical (unpaired) electrons. The van der Waals surface area contributed by atoms with E-state index in [4.69, 9.17) is 15.0 Å². The lowest BCUT2D eigenvalue weighted by atomic mass is 9.99. The molecule has 2 aromatic carbocycles. The highest BCUT2D eigenvalue weighted by Gasteiger charge is 2.21. The molecule has 5 aromatic rings. The number of rotatable bonds is 6. The van der Waals surface area contributed by atoms with Crippen LogP contribution < -0.4 is 5.56 Å². The van der Waals surface area contributed by atoms with Crippen molar-refractivity contribution in [3.05, 3.63) is 70.8 Å². The number of aryl methyl sites for hydroxylation is 1. The number of benzene rings is 2. The highest BCUT2D eigenvalue weighted by Crippen LogP contribution is 2.29. The summed E-state index contributed by atoms with van der Waals surface area (Å²) in [6, 6.07) is 16.2. The summed E-state index contributed by atoms with van der Waals surface area (Å²) in [5, 5.41) is 0.528. The van der Waals surface area contributed by atoms with Crippen LogP contribution in [0.15, 0.2) is 59.7 Å². The molecule has 0 saturated heterocycles. The van der Waals surface area contributed by atoms with Crippen molar-refractivity contribution in [1.29, 1.82) is 0 Å². The lowest BCUT2D eigenvalue weighted by molar-refractivity contribution is 0.506. The largest absolute Gasteiger partial charge is 0.299 e. The van der Waals surface area contributed by atoms with Crippen molar-refractivity contribution in [3.63, 3.8) is 0 Å². The van der Waals surface area contributed by atoms with Crippen molar-refractivity contribution in [1.82, 2.24) is 24.1 Å². The molecular weight excluding hydrogens is 410 g/mol. The van der Waals surface area contributed by atoms with Crippen molar-refractivity contribution < 1.29 is 0 Å². The second-order valence-electron chi connectivity index (χ2n) is 9.25. The molecule has 33 heavy (non-hydrogen) atoms. The fourth-order valence-electron chi connectivity index (χ4n) is 4.26. The Hall–Kier alpha value is -3.54. The van der Waals surface area contributed by atoms with Crippen LogP contribution in [0, 0.1) is 5.92 Å². The van der Waals surface area contributed by atoms with E-state index in [-0.39, 0.29) is 5.56 Å². The standard InChI is InChI=1S/C27H29N5O/c1-5-18(4)19-10-12-20(13-11-19)32-25-23(27(33)31(16-28-25)15-14-17(2)3)24-26(32)30-22-9-7-6-8-21(22)29-24/h6-13,16-18H,5,14-15H2,1-4H3. The van der Waals surface area contributed by atoms with Gasteiger partial charge in [0.2, 0.25) is 0 Å². The SMILES string of the molecule is CCC(C)c1ccc(-n2c3nc4ccccc4nc3c3c(=O)n(CCC(C)C)cnc32)cc1. The highest BCUT2D eigenvalue weighted by atomic mass is 16.1. The number of para-hydroxylation sites is 2. The quantitative estimate of drug-likeness (QED) is 0.333. The normalized spacial score (nSPS) is 12.9. The molecule has 0 spiro atoms. The Bertz CT molecular complexity index is 1510. The minimum Gasteiger partial charge on any atom is -0.299 e. The molecule has 3 heterocycles. The number of hydrogen-bond acceptors (Lipinski definition) is 4. The smallest absolute Gasteiger partial charge is 0.265 e. The number of aromatic nitrogens is 5. The highest BCUT2D eigenvalue weighted by molar-refractivity contribution is 6.05. The fourth-order valence-corrected chi connectivity index (χ4v) is 4.26. The van der Waals surface area contributed by atoms with Gasteiger partial charge in [0, 0.05) is 12.2 Å². The molecule has 0 aliphatic carbocycles. The second kappa shape index (κ2) is 8.43. The van der Waals surface area contributed by atoms with E-state index in [0.29, 0.717) is 40.6 Å². The van der Waals surface area contributed by atoms with Gasteiger partial charge in [0.15, 0.2) is 11.3 Å². The molecule has 0 N–H and O–H groups in total. The third-order valence-corrected chi connectivity index (χ3v) is 6.51. The first kappa shape index (κ1) is 21.3. The lowest BCUT2D eigenvalue weighted by Gasteiger charge is -2.12. The second-order valence-corrected chi connectivity index (χ2v) is 9.25. The average molecular weight is 440 g/mol. The van der Waals surface area contributed by atoms with E-state index in [1.165, 1.54) is 5.56 Å². The van der Waals surface area contributed by atoms with E-state index in [2.05, 4.69) is 52.0 Å². The van der Waals surface area contributed by atoms with E-state index in [1.54, 1.807) is 10.9 Å². The Morgan fingerprint density at radius 2 is 1.61 bits per heavy atom. The van der Waals surface area contributed by atoms with Gasteiger partial charge >= 0.3 is 0 Å². The van der Waals surface area contributed by atoms with E-state index in [1.807, 2.05) is 28.8 Å². The summed E-state index contributed by atoms with van der Waals surface area (Å²) >= 11 is 0. The van der Waals surface area contributed by atoms with Gasteiger partial charge in [-0.3, -0.25) is 13.9 Å². The first-order valence-corrected chi connectivity index (χ1v) is 11.7. The van der Waals surface area contributed by atoms with Crippen LogP contribution in [-0.2, 0) is 6.54 Å². The Morgan fingerprint density at radius 1 is 0.909 bits per heavy atom. The molecule has 0 amide bonds. The van der Waals surface area contributed by atoms with Crippen LogP contribution in [0.1, 0.15) is 52.0 Å². The maximum Gasteiger partial charge on any atom is 0.265 e. The Morgan fingerprint density at radius 3 is 2.27 bits per heavy atom. The Labute approximate surface area is 192 Å². The van der Waals surface area contributed by atoms with Gasteiger partial charge in [-0.05, 0) is 54.5 Å².